The summed E-state index contributed by atoms with van der Waals surface area (Å²) in [6.07, 6.45) is 8.80. The number of pyridine rings is 1. The highest BCUT2D eigenvalue weighted by Crippen LogP contribution is 2.32. The Labute approximate surface area is 130 Å². The molecule has 0 fully saturated rings. The fraction of sp³-hybridized carbons (Fsp3) is 0.706. The number of hydrogen-bond acceptors (Lipinski definition) is 3. The standard InChI is InChI=1S/C17H30N2S/c1-4-9-17(15-20,10-5-2)14-19(6-3)13-16-7-11-18-12-8-16/h7-8,11-12,20H,4-6,9-10,13-15H2,1-3H3. The quantitative estimate of drug-likeness (QED) is 0.643. The summed E-state index contributed by atoms with van der Waals surface area (Å²) < 4.78 is 0. The summed E-state index contributed by atoms with van der Waals surface area (Å²) in [4.78, 5) is 6.65. The van der Waals surface area contributed by atoms with Crippen LogP contribution >= 0.6 is 12.6 Å². The predicted octanol–water partition coefficient (Wildman–Crippen LogP) is 4.42. The molecule has 0 N–H and O–H groups in total. The molecule has 114 valence electrons. The van der Waals surface area contributed by atoms with Gasteiger partial charge in [-0.2, -0.15) is 12.6 Å². The van der Waals surface area contributed by atoms with E-state index < -0.39 is 0 Å². The SMILES string of the molecule is CCCC(CS)(CCC)CN(CC)Cc1ccncc1. The van der Waals surface area contributed by atoms with Crippen LogP contribution in [0.5, 0.6) is 0 Å². The Hall–Kier alpha value is -0.540. The van der Waals surface area contributed by atoms with Crippen LogP contribution in [-0.4, -0.2) is 28.7 Å². The van der Waals surface area contributed by atoms with Gasteiger partial charge in [0.15, 0.2) is 0 Å². The molecule has 20 heavy (non-hydrogen) atoms. The minimum Gasteiger partial charge on any atom is -0.299 e. The van der Waals surface area contributed by atoms with Crippen molar-refractivity contribution < 1.29 is 0 Å². The topological polar surface area (TPSA) is 16.1 Å². The lowest BCUT2D eigenvalue weighted by atomic mass is 9.80. The van der Waals surface area contributed by atoms with E-state index in [1.807, 2.05) is 12.4 Å². The van der Waals surface area contributed by atoms with Gasteiger partial charge in [-0.25, -0.2) is 0 Å². The van der Waals surface area contributed by atoms with Crippen LogP contribution in [0.2, 0.25) is 0 Å². The zero-order valence-corrected chi connectivity index (χ0v) is 14.2. The Morgan fingerprint density at radius 2 is 1.70 bits per heavy atom. The smallest absolute Gasteiger partial charge is 0.0271 e. The lowest BCUT2D eigenvalue weighted by Crippen LogP contribution is -2.39. The van der Waals surface area contributed by atoms with Crippen molar-refractivity contribution in [2.24, 2.45) is 5.41 Å². The fourth-order valence-corrected chi connectivity index (χ4v) is 3.47. The van der Waals surface area contributed by atoms with Crippen molar-refractivity contribution in [1.82, 2.24) is 9.88 Å². The molecular weight excluding hydrogens is 264 g/mol. The molecule has 0 atom stereocenters. The Bertz CT molecular complexity index is 347. The molecule has 3 heteroatoms. The largest absolute Gasteiger partial charge is 0.299 e. The maximum atomic E-state index is 4.67. The molecule has 0 aliphatic carbocycles. The van der Waals surface area contributed by atoms with Crippen LogP contribution in [0.1, 0.15) is 52.0 Å². The maximum absolute atomic E-state index is 4.67. The normalized spacial score (nSPS) is 12.1. The van der Waals surface area contributed by atoms with E-state index in [-0.39, 0.29) is 0 Å². The second-order valence-electron chi connectivity index (χ2n) is 5.82. The Morgan fingerprint density at radius 1 is 1.10 bits per heavy atom. The van der Waals surface area contributed by atoms with Gasteiger partial charge < -0.3 is 0 Å². The van der Waals surface area contributed by atoms with Gasteiger partial charge in [-0.15, -0.1) is 0 Å². The van der Waals surface area contributed by atoms with Crippen molar-refractivity contribution in [3.63, 3.8) is 0 Å². The summed E-state index contributed by atoms with van der Waals surface area (Å²) in [5.41, 5.74) is 1.72. The van der Waals surface area contributed by atoms with Crippen LogP contribution in [0.3, 0.4) is 0 Å². The Kier molecular flexibility index (Phi) is 8.24. The Morgan fingerprint density at radius 3 is 2.15 bits per heavy atom. The van der Waals surface area contributed by atoms with Gasteiger partial charge >= 0.3 is 0 Å². The number of rotatable bonds is 10. The zero-order valence-electron chi connectivity index (χ0n) is 13.3. The third-order valence-electron chi connectivity index (χ3n) is 4.06. The van der Waals surface area contributed by atoms with Gasteiger partial charge in [-0.1, -0.05) is 33.6 Å². The van der Waals surface area contributed by atoms with Crippen molar-refractivity contribution >= 4 is 12.6 Å². The average molecular weight is 295 g/mol. The first-order valence-corrected chi connectivity index (χ1v) is 8.55. The van der Waals surface area contributed by atoms with Gasteiger partial charge in [0.25, 0.3) is 0 Å². The van der Waals surface area contributed by atoms with Crippen molar-refractivity contribution in [1.29, 1.82) is 0 Å². The first kappa shape index (κ1) is 17.5. The highest BCUT2D eigenvalue weighted by Gasteiger charge is 2.28. The monoisotopic (exact) mass is 294 g/mol. The van der Waals surface area contributed by atoms with Gasteiger partial charge in [0, 0.05) is 25.5 Å². The summed E-state index contributed by atoms with van der Waals surface area (Å²) >= 11 is 4.67. The van der Waals surface area contributed by atoms with Gasteiger partial charge in [-0.3, -0.25) is 9.88 Å². The minimum atomic E-state index is 0.371. The number of hydrogen-bond donors (Lipinski definition) is 1. The highest BCUT2D eigenvalue weighted by atomic mass is 32.1. The first-order chi connectivity index (χ1) is 9.69. The van der Waals surface area contributed by atoms with E-state index in [4.69, 9.17) is 0 Å². The van der Waals surface area contributed by atoms with Crippen molar-refractivity contribution in [2.75, 3.05) is 18.8 Å². The van der Waals surface area contributed by atoms with Gasteiger partial charge in [0.1, 0.15) is 0 Å². The average Bonchev–Trinajstić information content (AvgIpc) is 2.48. The summed E-state index contributed by atoms with van der Waals surface area (Å²) in [5.74, 6) is 0.988. The van der Waals surface area contributed by atoms with Gasteiger partial charge in [0.2, 0.25) is 0 Å². The van der Waals surface area contributed by atoms with Crippen LogP contribution in [0.4, 0.5) is 0 Å². The third-order valence-corrected chi connectivity index (χ3v) is 4.73. The van der Waals surface area contributed by atoms with Crippen LogP contribution in [0.25, 0.3) is 0 Å². The first-order valence-electron chi connectivity index (χ1n) is 7.91. The van der Waals surface area contributed by atoms with E-state index in [1.54, 1.807) is 0 Å². The van der Waals surface area contributed by atoms with Crippen LogP contribution in [0.15, 0.2) is 24.5 Å². The second-order valence-corrected chi connectivity index (χ2v) is 6.13. The lowest BCUT2D eigenvalue weighted by Gasteiger charge is -2.37. The molecule has 0 aliphatic rings. The lowest BCUT2D eigenvalue weighted by molar-refractivity contribution is 0.146. The molecule has 0 aliphatic heterocycles. The minimum absolute atomic E-state index is 0.371. The second kappa shape index (κ2) is 9.41. The molecule has 0 aromatic carbocycles. The molecule has 0 spiro atoms. The summed E-state index contributed by atoms with van der Waals surface area (Å²) in [7, 11) is 0. The van der Waals surface area contributed by atoms with Gasteiger partial charge in [-0.05, 0) is 48.3 Å². The van der Waals surface area contributed by atoms with E-state index in [9.17, 15) is 0 Å². The van der Waals surface area contributed by atoms with E-state index >= 15 is 0 Å². The van der Waals surface area contributed by atoms with Gasteiger partial charge in [0.05, 0.1) is 0 Å². The molecule has 1 aromatic heterocycles. The maximum Gasteiger partial charge on any atom is 0.0271 e. The molecule has 1 aromatic rings. The summed E-state index contributed by atoms with van der Waals surface area (Å²) in [6, 6.07) is 4.23. The summed E-state index contributed by atoms with van der Waals surface area (Å²) in [6.45, 7) is 10.1. The van der Waals surface area contributed by atoms with Crippen molar-refractivity contribution in [2.45, 2.75) is 53.0 Å². The van der Waals surface area contributed by atoms with Crippen molar-refractivity contribution in [3.05, 3.63) is 30.1 Å². The molecule has 0 bridgehead atoms. The number of aromatic nitrogens is 1. The van der Waals surface area contributed by atoms with E-state index in [1.165, 1.54) is 31.2 Å². The molecular formula is C17H30N2S. The molecule has 0 radical (unpaired) electrons. The fourth-order valence-electron chi connectivity index (χ4n) is 3.05. The molecule has 1 rings (SSSR count). The zero-order chi connectivity index (χ0) is 14.8. The summed E-state index contributed by atoms with van der Waals surface area (Å²) in [5, 5.41) is 0. The molecule has 0 amide bonds. The van der Waals surface area contributed by atoms with E-state index in [0.29, 0.717) is 5.41 Å². The molecule has 1 heterocycles. The van der Waals surface area contributed by atoms with E-state index in [0.717, 1.165) is 25.4 Å². The number of nitrogens with zero attached hydrogens (tertiary/aromatic N) is 2. The molecule has 0 saturated carbocycles. The van der Waals surface area contributed by atoms with E-state index in [2.05, 4.69) is 55.4 Å². The third kappa shape index (κ3) is 5.45. The number of thiol groups is 1. The molecule has 0 saturated heterocycles. The molecule has 0 unspecified atom stereocenters. The van der Waals surface area contributed by atoms with Crippen LogP contribution < -0.4 is 0 Å². The van der Waals surface area contributed by atoms with Crippen LogP contribution in [0, 0.1) is 5.41 Å². The van der Waals surface area contributed by atoms with Crippen LogP contribution in [-0.2, 0) is 6.54 Å². The Balaban J connectivity index is 2.72. The van der Waals surface area contributed by atoms with Crippen molar-refractivity contribution in [3.8, 4) is 0 Å². The predicted molar refractivity (Wildman–Crippen MR) is 91.3 cm³/mol. The highest BCUT2D eigenvalue weighted by molar-refractivity contribution is 7.80. The molecule has 2 nitrogen and oxygen atoms in total.